The molecule has 2 N–H and O–H groups in total. The van der Waals surface area contributed by atoms with Crippen molar-refractivity contribution in [1.29, 1.82) is 0 Å². The molecule has 0 unspecified atom stereocenters. The maximum absolute atomic E-state index is 13.5. The average Bonchev–Trinajstić information content (AvgIpc) is 3.62. The minimum atomic E-state index is -4.47. The van der Waals surface area contributed by atoms with Gasteiger partial charge in [0.2, 0.25) is 0 Å². The van der Waals surface area contributed by atoms with Crippen molar-refractivity contribution in [3.8, 4) is 0 Å². The summed E-state index contributed by atoms with van der Waals surface area (Å²) in [7, 11) is 0. The number of aromatic nitrogens is 7. The molecule has 0 fully saturated rings. The van der Waals surface area contributed by atoms with Gasteiger partial charge in [0.1, 0.15) is 0 Å². The van der Waals surface area contributed by atoms with Crippen LogP contribution in [0.4, 0.5) is 22.0 Å². The van der Waals surface area contributed by atoms with Crippen molar-refractivity contribution in [2.45, 2.75) is 58.0 Å². The number of carbonyl (C=O) groups excluding carboxylic acids is 2. The highest BCUT2D eigenvalue weighted by molar-refractivity contribution is 5.92. The molecule has 222 valence electrons. The molecule has 0 saturated heterocycles. The first kappa shape index (κ1) is 30.2. The third-order valence-electron chi connectivity index (χ3n) is 6.03. The van der Waals surface area contributed by atoms with E-state index in [0.29, 0.717) is 31.5 Å². The zero-order valence-electron chi connectivity index (χ0n) is 22.3. The van der Waals surface area contributed by atoms with Crippen LogP contribution in [-0.4, -0.2) is 46.8 Å². The maximum Gasteiger partial charge on any atom is 0.416 e. The van der Waals surface area contributed by atoms with Crippen LogP contribution in [0.5, 0.6) is 0 Å². The number of rotatable bonds is 12. The van der Waals surface area contributed by atoms with E-state index in [-0.39, 0.29) is 35.7 Å². The summed E-state index contributed by atoms with van der Waals surface area (Å²) in [5.41, 5.74) is -0.339. The predicted molar refractivity (Wildman–Crippen MR) is 137 cm³/mol. The summed E-state index contributed by atoms with van der Waals surface area (Å²) in [6, 6.07) is 7.11. The molecule has 3 heterocycles. The molecule has 0 atom stereocenters. The van der Waals surface area contributed by atoms with E-state index in [1.807, 2.05) is 0 Å². The second-order valence-corrected chi connectivity index (χ2v) is 9.43. The first-order chi connectivity index (χ1) is 19.9. The molecule has 0 radical (unpaired) electrons. The molecule has 0 aliphatic heterocycles. The Labute approximate surface area is 236 Å². The molecule has 42 heavy (non-hydrogen) atoms. The highest BCUT2D eigenvalue weighted by atomic mass is 19.4. The average molecular weight is 592 g/mol. The summed E-state index contributed by atoms with van der Waals surface area (Å²) in [6.07, 6.45) is 0.931. The first-order valence-corrected chi connectivity index (χ1v) is 12.7. The van der Waals surface area contributed by atoms with E-state index >= 15 is 0 Å². The van der Waals surface area contributed by atoms with Gasteiger partial charge in [0.15, 0.2) is 11.4 Å². The van der Waals surface area contributed by atoms with Crippen LogP contribution in [0.2, 0.25) is 0 Å². The summed E-state index contributed by atoms with van der Waals surface area (Å²) >= 11 is 0. The fourth-order valence-corrected chi connectivity index (χ4v) is 3.81. The lowest BCUT2D eigenvalue weighted by molar-refractivity contribution is -0.137. The van der Waals surface area contributed by atoms with Crippen molar-refractivity contribution < 1.29 is 31.5 Å². The monoisotopic (exact) mass is 591 g/mol. The smallest absolute Gasteiger partial charge is 0.347 e. The van der Waals surface area contributed by atoms with Gasteiger partial charge in [0.25, 0.3) is 17.7 Å². The van der Waals surface area contributed by atoms with Gasteiger partial charge in [-0.15, -0.1) is 10.2 Å². The van der Waals surface area contributed by atoms with E-state index in [1.165, 1.54) is 52.2 Å². The molecule has 11 nitrogen and oxygen atoms in total. The Morgan fingerprint density at radius 1 is 0.810 bits per heavy atom. The number of carbonyl (C=O) groups is 2. The molecule has 4 rings (SSSR count). The second kappa shape index (κ2) is 12.8. The number of nitrogens with one attached hydrogen (secondary N) is 2. The van der Waals surface area contributed by atoms with Gasteiger partial charge in [0, 0.05) is 38.3 Å². The van der Waals surface area contributed by atoms with E-state index in [0.717, 1.165) is 19.1 Å². The van der Waals surface area contributed by atoms with Crippen LogP contribution in [0.1, 0.15) is 63.1 Å². The Bertz CT molecular complexity index is 1410. The summed E-state index contributed by atoms with van der Waals surface area (Å²) < 4.78 is 68.5. The van der Waals surface area contributed by atoms with Crippen molar-refractivity contribution in [3.63, 3.8) is 0 Å². The molecule has 0 saturated carbocycles. The lowest BCUT2D eigenvalue weighted by atomic mass is 10.1. The van der Waals surface area contributed by atoms with Gasteiger partial charge in [-0.25, -0.2) is 8.78 Å². The number of aryl methyl sites for hydroxylation is 2. The van der Waals surface area contributed by atoms with E-state index in [4.69, 9.17) is 0 Å². The van der Waals surface area contributed by atoms with Gasteiger partial charge in [-0.1, -0.05) is 22.6 Å². The lowest BCUT2D eigenvalue weighted by Crippen LogP contribution is -2.24. The van der Waals surface area contributed by atoms with Gasteiger partial charge in [-0.05, 0) is 42.7 Å². The molecule has 1 aromatic carbocycles. The van der Waals surface area contributed by atoms with E-state index in [2.05, 4.69) is 36.2 Å². The van der Waals surface area contributed by atoms with Crippen LogP contribution in [0.25, 0.3) is 0 Å². The van der Waals surface area contributed by atoms with Crippen molar-refractivity contribution in [2.75, 3.05) is 0 Å². The number of nitrogens with zero attached hydrogens (tertiary/aromatic N) is 7. The van der Waals surface area contributed by atoms with Crippen molar-refractivity contribution in [2.24, 2.45) is 0 Å². The number of pyridine rings is 1. The Morgan fingerprint density at radius 2 is 1.40 bits per heavy atom. The number of benzene rings is 1. The lowest BCUT2D eigenvalue weighted by Gasteiger charge is -2.11. The standard InChI is InChI=1S/C26H26F5N9O2/c1-25(27,28)18-7-8-32-20(12-18)14-34-24(42)22-16-40(38-36-22)10-3-2-9-39-15-21(35-37-39)23(41)33-13-17-5-4-6-19(11-17)26(29,30)31/h4-8,11-12,15-16H,2-3,9-10,13-14H2,1H3,(H,33,41)(H,34,42). The minimum absolute atomic E-state index is 0.0271. The molecule has 16 heteroatoms. The third kappa shape index (κ3) is 8.37. The van der Waals surface area contributed by atoms with Crippen molar-refractivity contribution in [3.05, 3.63) is 88.8 Å². The van der Waals surface area contributed by atoms with Gasteiger partial charge in [-0.3, -0.25) is 23.9 Å². The van der Waals surface area contributed by atoms with Crippen LogP contribution < -0.4 is 10.6 Å². The second-order valence-electron chi connectivity index (χ2n) is 9.43. The number of hydrogen-bond acceptors (Lipinski definition) is 7. The molecule has 3 aromatic heterocycles. The number of unbranched alkanes of at least 4 members (excludes halogenated alkanes) is 1. The fraction of sp³-hybridized carbons (Fsp3) is 0.346. The summed E-state index contributed by atoms with van der Waals surface area (Å²) in [4.78, 5) is 28.7. The third-order valence-corrected chi connectivity index (χ3v) is 6.03. The van der Waals surface area contributed by atoms with Crippen LogP contribution in [0.15, 0.2) is 55.0 Å². The Morgan fingerprint density at radius 3 is 1.98 bits per heavy atom. The summed E-state index contributed by atoms with van der Waals surface area (Å²) in [5, 5.41) is 20.6. The van der Waals surface area contributed by atoms with Crippen LogP contribution >= 0.6 is 0 Å². The minimum Gasteiger partial charge on any atom is -0.347 e. The normalized spacial score (nSPS) is 11.9. The van der Waals surface area contributed by atoms with Crippen LogP contribution in [-0.2, 0) is 38.3 Å². The van der Waals surface area contributed by atoms with E-state index in [9.17, 15) is 31.5 Å². The topological polar surface area (TPSA) is 133 Å². The molecule has 0 spiro atoms. The van der Waals surface area contributed by atoms with E-state index in [1.54, 1.807) is 0 Å². The zero-order chi connectivity index (χ0) is 30.3. The molecule has 0 aliphatic carbocycles. The van der Waals surface area contributed by atoms with Gasteiger partial charge >= 0.3 is 6.18 Å². The fourth-order valence-electron chi connectivity index (χ4n) is 3.81. The van der Waals surface area contributed by atoms with Crippen molar-refractivity contribution in [1.82, 2.24) is 45.6 Å². The maximum atomic E-state index is 13.5. The number of hydrogen-bond donors (Lipinski definition) is 2. The number of alkyl halides is 5. The Kier molecular flexibility index (Phi) is 9.22. The van der Waals surface area contributed by atoms with Crippen LogP contribution in [0.3, 0.4) is 0 Å². The molecule has 4 aromatic rings. The molecule has 0 aliphatic rings. The number of halogens is 5. The highest BCUT2D eigenvalue weighted by Gasteiger charge is 2.30. The predicted octanol–water partition coefficient (Wildman–Crippen LogP) is 3.74. The van der Waals surface area contributed by atoms with Crippen molar-refractivity contribution >= 4 is 11.8 Å². The SMILES string of the molecule is CC(F)(F)c1ccnc(CNC(=O)c2cn(CCCCn3cc(C(=O)NCc4cccc(C(F)(F)F)c4)nn3)nn2)c1. The summed E-state index contributed by atoms with van der Waals surface area (Å²) in [5.74, 6) is -4.12. The molecule has 2 amide bonds. The Hall–Kier alpha value is -4.76. The van der Waals surface area contributed by atoms with Gasteiger partial charge in [0.05, 0.1) is 30.2 Å². The summed E-state index contributed by atoms with van der Waals surface area (Å²) in [6.45, 7) is 1.49. The number of amides is 2. The van der Waals surface area contributed by atoms with Crippen LogP contribution in [0, 0.1) is 0 Å². The molecular formula is C26H26F5N9O2. The van der Waals surface area contributed by atoms with Gasteiger partial charge < -0.3 is 10.6 Å². The zero-order valence-corrected chi connectivity index (χ0v) is 22.3. The quantitative estimate of drug-likeness (QED) is 0.190. The largest absolute Gasteiger partial charge is 0.416 e. The molecule has 0 bridgehead atoms. The molecular weight excluding hydrogens is 565 g/mol. The van der Waals surface area contributed by atoms with Gasteiger partial charge in [-0.2, -0.15) is 13.2 Å². The highest BCUT2D eigenvalue weighted by Crippen LogP contribution is 2.29. The Balaban J connectivity index is 1.18. The first-order valence-electron chi connectivity index (χ1n) is 12.7. The van der Waals surface area contributed by atoms with E-state index < -0.39 is 29.5 Å².